The summed E-state index contributed by atoms with van der Waals surface area (Å²) < 4.78 is 0.760. The highest BCUT2D eigenvalue weighted by molar-refractivity contribution is 7.19. The molecule has 2 aromatic rings. The van der Waals surface area contributed by atoms with Crippen molar-refractivity contribution in [1.29, 1.82) is 0 Å². The minimum Gasteiger partial charge on any atom is -0.325 e. The topological polar surface area (TPSA) is 51.8 Å². The number of hydrogen-bond acceptors (Lipinski definition) is 4. The summed E-state index contributed by atoms with van der Waals surface area (Å²) in [6.45, 7) is 2.29. The highest BCUT2D eigenvalue weighted by Crippen LogP contribution is 2.29. The summed E-state index contributed by atoms with van der Waals surface area (Å²) in [5, 5.41) is 0. The molecule has 0 radical (unpaired) electrons. The molecule has 0 saturated heterocycles. The molecule has 2 N–H and O–H groups in total. The van der Waals surface area contributed by atoms with Crippen LogP contribution in [0.4, 0.5) is 0 Å². The Bertz CT molecular complexity index is 481. The molecule has 0 bridgehead atoms. The van der Waals surface area contributed by atoms with Gasteiger partial charge in [0.15, 0.2) is 0 Å². The minimum atomic E-state index is 0.426. The Balaban J connectivity index is 2.48. The molecular weight excluding hydrogens is 230 g/mol. The van der Waals surface area contributed by atoms with E-state index in [-0.39, 0.29) is 0 Å². The van der Waals surface area contributed by atoms with Crippen LogP contribution in [0.15, 0.2) is 18.2 Å². The molecule has 0 unspecified atom stereocenters. The van der Waals surface area contributed by atoms with Crippen molar-refractivity contribution in [3.8, 4) is 10.6 Å². The van der Waals surface area contributed by atoms with Crippen LogP contribution >= 0.6 is 22.9 Å². The molecule has 0 fully saturated rings. The number of nitrogens with two attached hydrogens (primary N) is 1. The zero-order valence-electron chi connectivity index (χ0n) is 8.20. The zero-order valence-corrected chi connectivity index (χ0v) is 9.77. The lowest BCUT2D eigenvalue weighted by molar-refractivity contribution is 0.930. The normalized spacial score (nSPS) is 10.6. The lowest BCUT2D eigenvalue weighted by Gasteiger charge is -2.02. The van der Waals surface area contributed by atoms with Crippen molar-refractivity contribution in [1.82, 2.24) is 9.97 Å². The molecule has 3 nitrogen and oxygen atoms in total. The molecule has 0 aliphatic carbocycles. The van der Waals surface area contributed by atoms with Crippen LogP contribution < -0.4 is 5.73 Å². The number of aromatic nitrogens is 2. The standard InChI is InChI=1S/C10H10ClN3S/c1-6-13-7(5-12)4-8(14-6)9-2-3-10(11)15-9/h2-4H,5,12H2,1H3. The van der Waals surface area contributed by atoms with Crippen LogP contribution in [0.25, 0.3) is 10.6 Å². The Hall–Kier alpha value is -0.970. The third-order valence-electron chi connectivity index (χ3n) is 1.93. The van der Waals surface area contributed by atoms with E-state index in [1.165, 1.54) is 11.3 Å². The fraction of sp³-hybridized carbons (Fsp3) is 0.200. The highest BCUT2D eigenvalue weighted by atomic mass is 35.5. The van der Waals surface area contributed by atoms with E-state index in [0.717, 1.165) is 26.4 Å². The molecule has 78 valence electrons. The molecule has 0 spiro atoms. The van der Waals surface area contributed by atoms with Crippen LogP contribution in [0, 0.1) is 6.92 Å². The molecule has 0 aromatic carbocycles. The Kier molecular flexibility index (Phi) is 3.00. The van der Waals surface area contributed by atoms with Crippen molar-refractivity contribution < 1.29 is 0 Å². The van der Waals surface area contributed by atoms with Crippen molar-refractivity contribution in [2.75, 3.05) is 0 Å². The van der Waals surface area contributed by atoms with E-state index in [9.17, 15) is 0 Å². The van der Waals surface area contributed by atoms with Gasteiger partial charge in [0.25, 0.3) is 0 Å². The van der Waals surface area contributed by atoms with Crippen molar-refractivity contribution in [3.63, 3.8) is 0 Å². The molecular formula is C10H10ClN3S. The van der Waals surface area contributed by atoms with Gasteiger partial charge in [0.05, 0.1) is 20.6 Å². The van der Waals surface area contributed by atoms with E-state index in [1.807, 2.05) is 25.1 Å². The number of aryl methyl sites for hydroxylation is 1. The van der Waals surface area contributed by atoms with Gasteiger partial charge in [-0.3, -0.25) is 0 Å². The molecule has 0 aliphatic rings. The van der Waals surface area contributed by atoms with E-state index < -0.39 is 0 Å². The first-order chi connectivity index (χ1) is 7.19. The largest absolute Gasteiger partial charge is 0.325 e. The second-order valence-corrected chi connectivity index (χ2v) is 4.81. The molecule has 2 heterocycles. The van der Waals surface area contributed by atoms with Gasteiger partial charge < -0.3 is 5.73 Å². The fourth-order valence-electron chi connectivity index (χ4n) is 1.31. The van der Waals surface area contributed by atoms with Gasteiger partial charge in [0.2, 0.25) is 0 Å². The first-order valence-corrected chi connectivity index (χ1v) is 5.69. The molecule has 0 amide bonds. The van der Waals surface area contributed by atoms with Gasteiger partial charge in [-0.05, 0) is 25.1 Å². The molecule has 15 heavy (non-hydrogen) atoms. The maximum atomic E-state index is 5.87. The van der Waals surface area contributed by atoms with Crippen LogP contribution in [-0.2, 0) is 6.54 Å². The maximum Gasteiger partial charge on any atom is 0.126 e. The molecule has 0 atom stereocenters. The number of hydrogen-bond donors (Lipinski definition) is 1. The zero-order chi connectivity index (χ0) is 10.8. The maximum absolute atomic E-state index is 5.87. The molecule has 5 heteroatoms. The predicted octanol–water partition coefficient (Wildman–Crippen LogP) is 2.63. The van der Waals surface area contributed by atoms with Crippen molar-refractivity contribution >= 4 is 22.9 Å². The van der Waals surface area contributed by atoms with Gasteiger partial charge >= 0.3 is 0 Å². The summed E-state index contributed by atoms with van der Waals surface area (Å²) in [5.74, 6) is 0.734. The molecule has 0 aliphatic heterocycles. The Morgan fingerprint density at radius 2 is 2.20 bits per heavy atom. The average molecular weight is 240 g/mol. The van der Waals surface area contributed by atoms with E-state index in [2.05, 4.69) is 9.97 Å². The minimum absolute atomic E-state index is 0.426. The number of thiophene rings is 1. The van der Waals surface area contributed by atoms with Crippen molar-refractivity contribution in [2.45, 2.75) is 13.5 Å². The van der Waals surface area contributed by atoms with E-state index in [0.29, 0.717) is 6.54 Å². The van der Waals surface area contributed by atoms with Gasteiger partial charge in [-0.1, -0.05) is 11.6 Å². The fourth-order valence-corrected chi connectivity index (χ4v) is 2.32. The third-order valence-corrected chi connectivity index (χ3v) is 3.18. The molecule has 0 saturated carbocycles. The smallest absolute Gasteiger partial charge is 0.126 e. The van der Waals surface area contributed by atoms with Gasteiger partial charge in [-0.2, -0.15) is 0 Å². The van der Waals surface area contributed by atoms with Gasteiger partial charge in [0.1, 0.15) is 5.82 Å². The highest BCUT2D eigenvalue weighted by Gasteiger charge is 2.05. The van der Waals surface area contributed by atoms with E-state index >= 15 is 0 Å². The van der Waals surface area contributed by atoms with Crippen LogP contribution in [0.5, 0.6) is 0 Å². The first kappa shape index (κ1) is 10.5. The monoisotopic (exact) mass is 239 g/mol. The summed E-state index contributed by atoms with van der Waals surface area (Å²) in [5.41, 5.74) is 7.30. The van der Waals surface area contributed by atoms with Crippen molar-refractivity contribution in [2.24, 2.45) is 5.73 Å². The molecule has 2 rings (SSSR count). The average Bonchev–Trinajstić information content (AvgIpc) is 2.64. The summed E-state index contributed by atoms with van der Waals surface area (Å²) in [4.78, 5) is 9.61. The van der Waals surface area contributed by atoms with Gasteiger partial charge in [-0.25, -0.2) is 9.97 Å². The first-order valence-electron chi connectivity index (χ1n) is 4.49. The SMILES string of the molecule is Cc1nc(CN)cc(-c2ccc(Cl)s2)n1. The van der Waals surface area contributed by atoms with Crippen molar-refractivity contribution in [3.05, 3.63) is 34.1 Å². The van der Waals surface area contributed by atoms with Crippen LogP contribution in [0.2, 0.25) is 4.34 Å². The summed E-state index contributed by atoms with van der Waals surface area (Å²) in [6.07, 6.45) is 0. The third kappa shape index (κ3) is 2.34. The van der Waals surface area contributed by atoms with Crippen LogP contribution in [0.3, 0.4) is 0 Å². The number of nitrogens with zero attached hydrogens (tertiary/aromatic N) is 2. The Morgan fingerprint density at radius 3 is 2.80 bits per heavy atom. The summed E-state index contributed by atoms with van der Waals surface area (Å²) in [7, 11) is 0. The second kappa shape index (κ2) is 4.26. The quantitative estimate of drug-likeness (QED) is 0.877. The van der Waals surface area contributed by atoms with Crippen LogP contribution in [-0.4, -0.2) is 9.97 Å². The Labute approximate surface area is 96.9 Å². The Morgan fingerprint density at radius 1 is 1.40 bits per heavy atom. The van der Waals surface area contributed by atoms with Gasteiger partial charge in [0, 0.05) is 6.54 Å². The molecule has 2 aromatic heterocycles. The number of rotatable bonds is 2. The summed E-state index contributed by atoms with van der Waals surface area (Å²) >= 11 is 7.38. The summed E-state index contributed by atoms with van der Waals surface area (Å²) in [6, 6.07) is 5.71. The predicted molar refractivity (Wildman–Crippen MR) is 63.0 cm³/mol. The van der Waals surface area contributed by atoms with E-state index in [1.54, 1.807) is 0 Å². The lowest BCUT2D eigenvalue weighted by atomic mass is 10.3. The number of halogens is 1. The second-order valence-electron chi connectivity index (χ2n) is 3.10. The van der Waals surface area contributed by atoms with E-state index in [4.69, 9.17) is 17.3 Å². The van der Waals surface area contributed by atoms with Gasteiger partial charge in [-0.15, -0.1) is 11.3 Å². The lowest BCUT2D eigenvalue weighted by Crippen LogP contribution is -2.02. The van der Waals surface area contributed by atoms with Crippen LogP contribution in [0.1, 0.15) is 11.5 Å².